The third kappa shape index (κ3) is 6.42. The average molecular weight is 345 g/mol. The number of hydrogen-bond acceptors (Lipinski definition) is 5. The summed E-state index contributed by atoms with van der Waals surface area (Å²) in [4.78, 5) is 34.1. The van der Waals surface area contributed by atoms with Crippen molar-refractivity contribution in [3.8, 4) is 0 Å². The molecule has 0 spiro atoms. The van der Waals surface area contributed by atoms with Crippen molar-refractivity contribution in [2.24, 2.45) is 0 Å². The van der Waals surface area contributed by atoms with Gasteiger partial charge in [0.1, 0.15) is 12.2 Å². The van der Waals surface area contributed by atoms with E-state index in [1.165, 1.54) is 10.9 Å². The Morgan fingerprint density at radius 2 is 1.88 bits per heavy atom. The second-order valence-electron chi connectivity index (χ2n) is 5.30. The third-order valence-corrected chi connectivity index (χ3v) is 3.25. The molecule has 9 heteroatoms. The number of rotatable bonds is 9. The first kappa shape index (κ1) is 18.1. The van der Waals surface area contributed by atoms with Crippen LogP contribution in [0.3, 0.4) is 0 Å². The zero-order chi connectivity index (χ0) is 18.1. The van der Waals surface area contributed by atoms with Crippen molar-refractivity contribution in [2.75, 3.05) is 6.54 Å². The summed E-state index contributed by atoms with van der Waals surface area (Å²) in [5.41, 5.74) is 1.06. The van der Waals surface area contributed by atoms with Crippen LogP contribution < -0.4 is 10.6 Å². The Morgan fingerprint density at radius 3 is 2.60 bits per heavy atom. The lowest BCUT2D eigenvalue weighted by atomic mass is 10.2. The third-order valence-electron chi connectivity index (χ3n) is 3.25. The molecule has 25 heavy (non-hydrogen) atoms. The highest BCUT2D eigenvalue weighted by Crippen LogP contribution is 1.98. The van der Waals surface area contributed by atoms with Gasteiger partial charge in [-0.2, -0.15) is 0 Å². The molecule has 0 atom stereocenters. The Balaban J connectivity index is 1.62. The monoisotopic (exact) mass is 345 g/mol. The van der Waals surface area contributed by atoms with Crippen LogP contribution in [0.25, 0.3) is 0 Å². The molecular formula is C16H19N5O4. The number of aromatic nitrogens is 3. The van der Waals surface area contributed by atoms with Crippen LogP contribution >= 0.6 is 0 Å². The Hall–Kier alpha value is -3.23. The van der Waals surface area contributed by atoms with E-state index in [-0.39, 0.29) is 31.3 Å². The van der Waals surface area contributed by atoms with Crippen LogP contribution in [0.5, 0.6) is 0 Å². The minimum absolute atomic E-state index is 0.170. The first-order valence-electron chi connectivity index (χ1n) is 7.75. The number of hydrogen-bond donors (Lipinski definition) is 3. The van der Waals surface area contributed by atoms with E-state index in [9.17, 15) is 14.4 Å². The van der Waals surface area contributed by atoms with Gasteiger partial charge in [-0.15, -0.1) is 5.10 Å². The minimum Gasteiger partial charge on any atom is -0.480 e. The van der Waals surface area contributed by atoms with Crippen molar-refractivity contribution in [3.05, 3.63) is 47.8 Å². The molecule has 1 aromatic heterocycles. The van der Waals surface area contributed by atoms with E-state index >= 15 is 0 Å². The van der Waals surface area contributed by atoms with Crippen molar-refractivity contribution in [1.29, 1.82) is 0 Å². The summed E-state index contributed by atoms with van der Waals surface area (Å²) < 4.78 is 1.18. The number of amides is 2. The number of benzene rings is 1. The van der Waals surface area contributed by atoms with Crippen LogP contribution in [-0.2, 0) is 22.7 Å². The van der Waals surface area contributed by atoms with E-state index in [4.69, 9.17) is 5.11 Å². The van der Waals surface area contributed by atoms with Crippen LogP contribution in [0.1, 0.15) is 28.9 Å². The Bertz CT molecular complexity index is 729. The van der Waals surface area contributed by atoms with Gasteiger partial charge >= 0.3 is 5.97 Å². The molecule has 0 aliphatic rings. The maximum absolute atomic E-state index is 11.8. The summed E-state index contributed by atoms with van der Waals surface area (Å²) in [5.74, 6) is -1.36. The van der Waals surface area contributed by atoms with Gasteiger partial charge in [-0.05, 0) is 18.6 Å². The van der Waals surface area contributed by atoms with E-state index < -0.39 is 5.97 Å². The lowest BCUT2D eigenvalue weighted by molar-refractivity contribution is -0.138. The number of nitrogens with one attached hydrogen (secondary N) is 2. The van der Waals surface area contributed by atoms with Crippen molar-refractivity contribution >= 4 is 17.8 Å². The normalized spacial score (nSPS) is 10.2. The number of aliphatic carboxylic acids is 1. The molecule has 0 radical (unpaired) electrons. The molecule has 132 valence electrons. The number of nitrogens with zero attached hydrogens (tertiary/aromatic N) is 3. The largest absolute Gasteiger partial charge is 0.480 e. The fraction of sp³-hybridized carbons (Fsp3) is 0.312. The fourth-order valence-electron chi connectivity index (χ4n) is 2.06. The van der Waals surface area contributed by atoms with Gasteiger partial charge in [0.05, 0.1) is 12.7 Å². The Labute approximate surface area is 144 Å². The maximum atomic E-state index is 11.8. The van der Waals surface area contributed by atoms with Crippen molar-refractivity contribution in [1.82, 2.24) is 25.6 Å². The molecule has 1 aromatic carbocycles. The van der Waals surface area contributed by atoms with Gasteiger partial charge in [-0.25, -0.2) is 4.68 Å². The molecule has 3 N–H and O–H groups in total. The van der Waals surface area contributed by atoms with Crippen LogP contribution in [0, 0.1) is 0 Å². The van der Waals surface area contributed by atoms with Gasteiger partial charge in [0, 0.05) is 18.5 Å². The molecule has 2 aromatic rings. The number of carbonyl (C=O) groups is 3. The SMILES string of the molecule is O=C(O)Cn1cc(CNC(=O)CCCNC(=O)c2ccccc2)nn1. The first-order valence-corrected chi connectivity index (χ1v) is 7.75. The molecular weight excluding hydrogens is 326 g/mol. The Morgan fingerprint density at radius 1 is 1.12 bits per heavy atom. The molecule has 9 nitrogen and oxygen atoms in total. The summed E-state index contributed by atoms with van der Waals surface area (Å²) in [7, 11) is 0. The lowest BCUT2D eigenvalue weighted by Gasteiger charge is -2.05. The summed E-state index contributed by atoms with van der Waals surface area (Å²) in [6.07, 6.45) is 2.24. The predicted molar refractivity (Wildman–Crippen MR) is 87.5 cm³/mol. The fourth-order valence-corrected chi connectivity index (χ4v) is 2.06. The highest BCUT2D eigenvalue weighted by atomic mass is 16.4. The molecule has 0 unspecified atom stereocenters. The highest BCUT2D eigenvalue weighted by molar-refractivity contribution is 5.94. The van der Waals surface area contributed by atoms with Gasteiger partial charge in [0.25, 0.3) is 5.91 Å². The molecule has 1 heterocycles. The summed E-state index contributed by atoms with van der Waals surface area (Å²) in [6, 6.07) is 8.85. The van der Waals surface area contributed by atoms with E-state index in [2.05, 4.69) is 20.9 Å². The van der Waals surface area contributed by atoms with Crippen molar-refractivity contribution < 1.29 is 19.5 Å². The minimum atomic E-state index is -1.02. The maximum Gasteiger partial charge on any atom is 0.325 e. The van der Waals surface area contributed by atoms with E-state index in [0.29, 0.717) is 24.2 Å². The summed E-state index contributed by atoms with van der Waals surface area (Å²) >= 11 is 0. The van der Waals surface area contributed by atoms with E-state index in [1.54, 1.807) is 24.3 Å². The van der Waals surface area contributed by atoms with E-state index in [1.807, 2.05) is 6.07 Å². The second-order valence-corrected chi connectivity index (χ2v) is 5.30. The van der Waals surface area contributed by atoms with Crippen LogP contribution in [0.4, 0.5) is 0 Å². The predicted octanol–water partition coefficient (Wildman–Crippen LogP) is 0.189. The number of carbonyl (C=O) groups excluding carboxylic acids is 2. The molecule has 0 aliphatic carbocycles. The Kier molecular flexibility index (Phi) is 6.64. The molecule has 2 rings (SSSR count). The second kappa shape index (κ2) is 9.16. The molecule has 0 aliphatic heterocycles. The standard InChI is InChI=1S/C16H19N5O4/c22-14(18-9-13-10-21(20-19-13)11-15(23)24)7-4-8-17-16(25)12-5-2-1-3-6-12/h1-3,5-6,10H,4,7-9,11H2,(H,17,25)(H,18,22)(H,23,24). The number of carboxylic acid groups (broad SMARTS) is 1. The summed E-state index contributed by atoms with van der Waals surface area (Å²) in [6.45, 7) is 0.298. The molecule has 0 saturated heterocycles. The van der Waals surface area contributed by atoms with Gasteiger partial charge in [-0.1, -0.05) is 23.4 Å². The smallest absolute Gasteiger partial charge is 0.325 e. The van der Waals surface area contributed by atoms with Crippen LogP contribution in [-0.4, -0.2) is 44.4 Å². The zero-order valence-corrected chi connectivity index (χ0v) is 13.5. The van der Waals surface area contributed by atoms with Gasteiger partial charge in [-0.3, -0.25) is 14.4 Å². The first-order chi connectivity index (χ1) is 12.0. The average Bonchev–Trinajstić information content (AvgIpc) is 3.04. The van der Waals surface area contributed by atoms with Crippen LogP contribution in [0.15, 0.2) is 36.5 Å². The molecule has 0 saturated carbocycles. The van der Waals surface area contributed by atoms with Crippen molar-refractivity contribution in [3.63, 3.8) is 0 Å². The molecule has 2 amide bonds. The van der Waals surface area contributed by atoms with Gasteiger partial charge in [0.15, 0.2) is 0 Å². The molecule has 0 bridgehead atoms. The van der Waals surface area contributed by atoms with Gasteiger partial charge < -0.3 is 15.7 Å². The zero-order valence-electron chi connectivity index (χ0n) is 13.5. The molecule has 0 fully saturated rings. The van der Waals surface area contributed by atoms with Crippen LogP contribution in [0.2, 0.25) is 0 Å². The van der Waals surface area contributed by atoms with Gasteiger partial charge in [0.2, 0.25) is 5.91 Å². The van der Waals surface area contributed by atoms with Crippen molar-refractivity contribution in [2.45, 2.75) is 25.9 Å². The lowest BCUT2D eigenvalue weighted by Crippen LogP contribution is -2.27. The topological polar surface area (TPSA) is 126 Å². The van der Waals surface area contributed by atoms with E-state index in [0.717, 1.165) is 0 Å². The summed E-state index contributed by atoms with van der Waals surface area (Å²) in [5, 5.41) is 21.5. The number of carboxylic acids is 1. The highest BCUT2D eigenvalue weighted by Gasteiger charge is 2.07. The quantitative estimate of drug-likeness (QED) is 0.557.